The number of hydrogen-bond donors (Lipinski definition) is 2. The first-order valence-electron chi connectivity index (χ1n) is 7.63. The van der Waals surface area contributed by atoms with Crippen LogP contribution in [0.3, 0.4) is 0 Å². The van der Waals surface area contributed by atoms with Gasteiger partial charge in [0.2, 0.25) is 0 Å². The lowest BCUT2D eigenvalue weighted by molar-refractivity contribution is 0.304. The van der Waals surface area contributed by atoms with Crippen molar-refractivity contribution in [3.05, 3.63) is 63.6 Å². The van der Waals surface area contributed by atoms with Gasteiger partial charge in [0.25, 0.3) is 0 Å². The van der Waals surface area contributed by atoms with Gasteiger partial charge in [-0.15, -0.1) is 0 Å². The molecular formula is C18H20BrN3OS. The molecule has 0 aliphatic heterocycles. The lowest BCUT2D eigenvalue weighted by atomic mass is 10.2. The quantitative estimate of drug-likeness (QED) is 0.430. The van der Waals surface area contributed by atoms with Crippen molar-refractivity contribution in [2.24, 2.45) is 5.10 Å². The smallest absolute Gasteiger partial charge is 0.186 e. The Morgan fingerprint density at radius 1 is 1.25 bits per heavy atom. The summed E-state index contributed by atoms with van der Waals surface area (Å²) >= 11 is 8.57. The molecule has 0 spiro atoms. The van der Waals surface area contributed by atoms with Crippen LogP contribution in [0.15, 0.2) is 52.0 Å². The zero-order valence-electron chi connectivity index (χ0n) is 13.7. The zero-order chi connectivity index (χ0) is 17.4. The van der Waals surface area contributed by atoms with Crippen LogP contribution in [0, 0.1) is 6.92 Å². The van der Waals surface area contributed by atoms with Crippen molar-refractivity contribution < 1.29 is 4.74 Å². The average Bonchev–Trinajstić information content (AvgIpc) is 2.56. The van der Waals surface area contributed by atoms with E-state index in [1.165, 1.54) is 5.56 Å². The molecule has 126 valence electrons. The fourth-order valence-corrected chi connectivity index (χ4v) is 2.63. The van der Waals surface area contributed by atoms with Crippen LogP contribution in [0.5, 0.6) is 5.75 Å². The molecule has 0 atom stereocenters. The molecule has 2 aromatic rings. The van der Waals surface area contributed by atoms with Crippen molar-refractivity contribution >= 4 is 39.5 Å². The van der Waals surface area contributed by atoms with Gasteiger partial charge in [-0.25, -0.2) is 0 Å². The Labute approximate surface area is 156 Å². The Morgan fingerprint density at radius 3 is 2.67 bits per heavy atom. The highest BCUT2D eigenvalue weighted by atomic mass is 79.9. The highest BCUT2D eigenvalue weighted by Gasteiger charge is 2.03. The van der Waals surface area contributed by atoms with E-state index in [-0.39, 0.29) is 0 Å². The first-order chi connectivity index (χ1) is 11.6. The van der Waals surface area contributed by atoms with Crippen LogP contribution in [0.4, 0.5) is 0 Å². The largest absolute Gasteiger partial charge is 0.488 e. The van der Waals surface area contributed by atoms with Crippen LogP contribution in [-0.2, 0) is 6.61 Å². The van der Waals surface area contributed by atoms with Gasteiger partial charge in [0.05, 0.1) is 10.7 Å². The molecule has 0 aliphatic carbocycles. The molecule has 0 radical (unpaired) electrons. The summed E-state index contributed by atoms with van der Waals surface area (Å²) in [6, 6.07) is 14.1. The monoisotopic (exact) mass is 405 g/mol. The van der Waals surface area contributed by atoms with E-state index in [1.54, 1.807) is 6.21 Å². The number of hydrazone groups is 1. The molecule has 0 amide bonds. The van der Waals surface area contributed by atoms with Crippen LogP contribution < -0.4 is 15.5 Å². The number of benzene rings is 2. The van der Waals surface area contributed by atoms with Gasteiger partial charge in [-0.3, -0.25) is 5.43 Å². The van der Waals surface area contributed by atoms with E-state index in [9.17, 15) is 0 Å². The fourth-order valence-electron chi connectivity index (χ4n) is 1.93. The second-order valence-corrected chi connectivity index (χ2v) is 6.46. The summed E-state index contributed by atoms with van der Waals surface area (Å²) in [5.41, 5.74) is 6.08. The maximum absolute atomic E-state index is 5.85. The first-order valence-corrected chi connectivity index (χ1v) is 8.83. The van der Waals surface area contributed by atoms with Gasteiger partial charge in [0, 0.05) is 6.54 Å². The summed E-state index contributed by atoms with van der Waals surface area (Å²) in [5, 5.41) is 7.56. The Morgan fingerprint density at radius 2 is 2.00 bits per heavy atom. The standard InChI is InChI=1S/C18H20BrN3OS/c1-3-20-18(24)22-21-11-15-8-9-17(16(19)10-15)23-12-14-6-4-13(2)5-7-14/h4-11H,3,12H2,1-2H3,(H2,20,22,24). The highest BCUT2D eigenvalue weighted by Crippen LogP contribution is 2.26. The van der Waals surface area contributed by atoms with Crippen LogP contribution in [0.2, 0.25) is 0 Å². The zero-order valence-corrected chi connectivity index (χ0v) is 16.1. The molecule has 2 aromatic carbocycles. The van der Waals surface area contributed by atoms with Crippen LogP contribution in [-0.4, -0.2) is 17.9 Å². The second kappa shape index (κ2) is 9.39. The third-order valence-corrected chi connectivity index (χ3v) is 4.04. The molecule has 0 unspecified atom stereocenters. The molecule has 0 saturated heterocycles. The number of halogens is 1. The molecule has 0 aromatic heterocycles. The van der Waals surface area contributed by atoms with E-state index in [2.05, 4.69) is 63.0 Å². The predicted octanol–water partition coefficient (Wildman–Crippen LogP) is 4.15. The van der Waals surface area contributed by atoms with Gasteiger partial charge in [-0.2, -0.15) is 5.10 Å². The molecule has 0 bridgehead atoms. The summed E-state index contributed by atoms with van der Waals surface area (Å²) in [7, 11) is 0. The maximum atomic E-state index is 5.85. The lowest BCUT2D eigenvalue weighted by Gasteiger charge is -2.09. The molecule has 4 nitrogen and oxygen atoms in total. The molecule has 2 N–H and O–H groups in total. The molecule has 0 heterocycles. The van der Waals surface area contributed by atoms with Crippen LogP contribution in [0.1, 0.15) is 23.6 Å². The Kier molecular flexibility index (Phi) is 7.21. The molecule has 0 saturated carbocycles. The van der Waals surface area contributed by atoms with E-state index >= 15 is 0 Å². The molecule has 6 heteroatoms. The van der Waals surface area contributed by atoms with Crippen molar-refractivity contribution in [3.63, 3.8) is 0 Å². The summed E-state index contributed by atoms with van der Waals surface area (Å²) in [6.45, 7) is 5.34. The number of rotatable bonds is 6. The number of ether oxygens (including phenoxy) is 1. The van der Waals surface area contributed by atoms with Gasteiger partial charge in [0.15, 0.2) is 5.11 Å². The number of nitrogens with zero attached hydrogens (tertiary/aromatic N) is 1. The number of aryl methyl sites for hydroxylation is 1. The maximum Gasteiger partial charge on any atom is 0.186 e. The Balaban J connectivity index is 1.92. The third kappa shape index (κ3) is 5.94. The van der Waals surface area contributed by atoms with Crippen molar-refractivity contribution in [2.45, 2.75) is 20.5 Å². The summed E-state index contributed by atoms with van der Waals surface area (Å²) in [5.74, 6) is 0.795. The van der Waals surface area contributed by atoms with Gasteiger partial charge in [0.1, 0.15) is 12.4 Å². The SMILES string of the molecule is CCNC(=S)NN=Cc1ccc(OCc2ccc(C)cc2)c(Br)c1. The van der Waals surface area contributed by atoms with Crippen LogP contribution in [0.25, 0.3) is 0 Å². The Hall–Kier alpha value is -1.92. The minimum atomic E-state index is 0.505. The fraction of sp³-hybridized carbons (Fsp3) is 0.222. The Bertz CT molecular complexity index is 717. The van der Waals surface area contributed by atoms with Crippen LogP contribution >= 0.6 is 28.1 Å². The van der Waals surface area contributed by atoms with E-state index in [4.69, 9.17) is 17.0 Å². The van der Waals surface area contributed by atoms with Gasteiger partial charge < -0.3 is 10.1 Å². The molecule has 2 rings (SSSR count). The topological polar surface area (TPSA) is 45.7 Å². The minimum Gasteiger partial charge on any atom is -0.488 e. The third-order valence-electron chi connectivity index (χ3n) is 3.19. The molecule has 0 fully saturated rings. The van der Waals surface area contributed by atoms with Gasteiger partial charge >= 0.3 is 0 Å². The predicted molar refractivity (Wildman–Crippen MR) is 107 cm³/mol. The molecule has 24 heavy (non-hydrogen) atoms. The molecular weight excluding hydrogens is 386 g/mol. The van der Waals surface area contributed by atoms with E-state index in [0.29, 0.717) is 11.7 Å². The summed E-state index contributed by atoms with van der Waals surface area (Å²) < 4.78 is 6.74. The van der Waals surface area contributed by atoms with Gasteiger partial charge in [-0.1, -0.05) is 29.8 Å². The number of thiocarbonyl (C=S) groups is 1. The lowest BCUT2D eigenvalue weighted by Crippen LogP contribution is -2.31. The van der Waals surface area contributed by atoms with E-state index in [0.717, 1.165) is 27.9 Å². The molecule has 0 aliphatic rings. The van der Waals surface area contributed by atoms with E-state index < -0.39 is 0 Å². The van der Waals surface area contributed by atoms with Crippen molar-refractivity contribution in [1.29, 1.82) is 0 Å². The van der Waals surface area contributed by atoms with Gasteiger partial charge in [-0.05, 0) is 71.3 Å². The summed E-state index contributed by atoms with van der Waals surface area (Å²) in [4.78, 5) is 0. The summed E-state index contributed by atoms with van der Waals surface area (Å²) in [6.07, 6.45) is 1.71. The average molecular weight is 406 g/mol. The highest BCUT2D eigenvalue weighted by molar-refractivity contribution is 9.10. The van der Waals surface area contributed by atoms with Crippen molar-refractivity contribution in [2.75, 3.05) is 6.54 Å². The minimum absolute atomic E-state index is 0.505. The normalized spacial score (nSPS) is 10.6. The van der Waals surface area contributed by atoms with Crippen molar-refractivity contribution in [3.8, 4) is 5.75 Å². The number of nitrogens with one attached hydrogen (secondary N) is 2. The second-order valence-electron chi connectivity index (χ2n) is 5.19. The van der Waals surface area contributed by atoms with Crippen molar-refractivity contribution in [1.82, 2.24) is 10.7 Å². The number of hydrogen-bond acceptors (Lipinski definition) is 3. The first kappa shape index (κ1) is 18.4. The van der Waals surface area contributed by atoms with E-state index in [1.807, 2.05) is 25.1 Å².